The van der Waals surface area contributed by atoms with Gasteiger partial charge in [-0.2, -0.15) is 8.42 Å². The van der Waals surface area contributed by atoms with Crippen molar-refractivity contribution in [3.63, 3.8) is 0 Å². The number of hydrogen-bond acceptors (Lipinski definition) is 4. The molecule has 1 aromatic rings. The molecule has 4 nitrogen and oxygen atoms in total. The fourth-order valence-corrected chi connectivity index (χ4v) is 2.51. The molecule has 0 atom stereocenters. The molecule has 1 rings (SSSR count). The fourth-order valence-electron chi connectivity index (χ4n) is 1.43. The highest BCUT2D eigenvalue weighted by atomic mass is 35.5. The number of benzene rings is 1. The van der Waals surface area contributed by atoms with Crippen LogP contribution < -0.4 is 0 Å². The molecule has 1 aromatic carbocycles. The lowest BCUT2D eigenvalue weighted by Gasteiger charge is -2.05. The van der Waals surface area contributed by atoms with Gasteiger partial charge in [0.05, 0.1) is 17.4 Å². The van der Waals surface area contributed by atoms with Gasteiger partial charge in [0.2, 0.25) is 0 Å². The number of hydrogen-bond donors (Lipinski definition) is 0. The van der Waals surface area contributed by atoms with Gasteiger partial charge in [-0.25, -0.2) is 0 Å². The zero-order valence-electron chi connectivity index (χ0n) is 10.8. The van der Waals surface area contributed by atoms with Crippen molar-refractivity contribution in [2.75, 3.05) is 12.5 Å². The van der Waals surface area contributed by atoms with E-state index in [2.05, 4.69) is 0 Å². The second kappa shape index (κ2) is 7.62. The molecule has 19 heavy (non-hydrogen) atoms. The monoisotopic (exact) mass is 304 g/mol. The molecule has 0 aliphatic carbocycles. The maximum Gasteiger partial charge on any atom is 0.296 e. The van der Waals surface area contributed by atoms with Gasteiger partial charge in [0.25, 0.3) is 10.1 Å². The Balaban J connectivity index is 2.39. The molecular formula is C13H17ClO4S. The Morgan fingerprint density at radius 2 is 1.84 bits per heavy atom. The number of unbranched alkanes of at least 4 members (excludes halogenated alkanes) is 1. The second-order valence-corrected chi connectivity index (χ2v) is 6.10. The SMILES string of the molecule is Cc1ccc(S(=O)(=O)OCCCCC(=O)CCl)cc1. The third kappa shape index (κ3) is 5.72. The van der Waals surface area contributed by atoms with Gasteiger partial charge >= 0.3 is 0 Å². The van der Waals surface area contributed by atoms with E-state index in [9.17, 15) is 13.2 Å². The highest BCUT2D eigenvalue weighted by Crippen LogP contribution is 2.13. The molecule has 0 bridgehead atoms. The van der Waals surface area contributed by atoms with Crippen molar-refractivity contribution in [2.24, 2.45) is 0 Å². The number of alkyl halides is 1. The average molecular weight is 305 g/mol. The molecule has 106 valence electrons. The molecule has 0 heterocycles. The van der Waals surface area contributed by atoms with Crippen molar-refractivity contribution in [3.05, 3.63) is 29.8 Å². The first kappa shape index (κ1) is 16.1. The van der Waals surface area contributed by atoms with Crippen LogP contribution in [0.1, 0.15) is 24.8 Å². The standard InChI is InChI=1S/C13H17ClO4S/c1-11-5-7-13(8-6-11)19(16,17)18-9-3-2-4-12(15)10-14/h5-8H,2-4,9-10H2,1H3. The Labute approximate surface area is 118 Å². The molecule has 0 radical (unpaired) electrons. The molecule has 0 N–H and O–H groups in total. The summed E-state index contributed by atoms with van der Waals surface area (Å²) in [5.41, 5.74) is 0.985. The van der Waals surface area contributed by atoms with E-state index in [1.165, 1.54) is 12.1 Å². The van der Waals surface area contributed by atoms with E-state index in [4.69, 9.17) is 15.8 Å². The summed E-state index contributed by atoms with van der Waals surface area (Å²) in [7, 11) is -3.69. The van der Waals surface area contributed by atoms with Gasteiger partial charge in [-0.3, -0.25) is 8.98 Å². The minimum Gasteiger partial charge on any atom is -0.298 e. The molecule has 0 fully saturated rings. The van der Waals surface area contributed by atoms with E-state index < -0.39 is 10.1 Å². The van der Waals surface area contributed by atoms with Crippen molar-refractivity contribution in [1.82, 2.24) is 0 Å². The van der Waals surface area contributed by atoms with Crippen molar-refractivity contribution in [3.8, 4) is 0 Å². The van der Waals surface area contributed by atoms with Crippen LogP contribution in [0.2, 0.25) is 0 Å². The van der Waals surface area contributed by atoms with Crippen LogP contribution in [-0.4, -0.2) is 26.7 Å². The quantitative estimate of drug-likeness (QED) is 0.421. The molecule has 0 aliphatic rings. The number of aryl methyl sites for hydroxylation is 1. The summed E-state index contributed by atoms with van der Waals surface area (Å²) < 4.78 is 28.5. The number of rotatable bonds is 8. The van der Waals surface area contributed by atoms with Gasteiger partial charge in [0, 0.05) is 6.42 Å². The highest BCUT2D eigenvalue weighted by molar-refractivity contribution is 7.86. The van der Waals surface area contributed by atoms with E-state index in [1.807, 2.05) is 6.92 Å². The van der Waals surface area contributed by atoms with Crippen molar-refractivity contribution in [1.29, 1.82) is 0 Å². The summed E-state index contributed by atoms with van der Waals surface area (Å²) >= 11 is 5.35. The van der Waals surface area contributed by atoms with Crippen LogP contribution in [0.4, 0.5) is 0 Å². The average Bonchev–Trinajstić information content (AvgIpc) is 2.38. The first-order valence-electron chi connectivity index (χ1n) is 5.99. The minimum absolute atomic E-state index is 0.00250. The summed E-state index contributed by atoms with van der Waals surface area (Å²) in [6.45, 7) is 1.96. The van der Waals surface area contributed by atoms with Crippen LogP contribution in [0.15, 0.2) is 29.2 Å². The number of carbonyl (C=O) groups excluding carboxylic acids is 1. The number of ketones is 1. The lowest BCUT2D eigenvalue weighted by Crippen LogP contribution is -2.08. The molecule has 0 aliphatic heterocycles. The summed E-state index contributed by atoms with van der Waals surface area (Å²) in [4.78, 5) is 11.1. The van der Waals surface area contributed by atoms with Gasteiger partial charge in [-0.15, -0.1) is 11.6 Å². The summed E-state index contributed by atoms with van der Waals surface area (Å²) in [5.74, 6) is -0.0363. The lowest BCUT2D eigenvalue weighted by atomic mass is 10.2. The predicted octanol–water partition coefficient (Wildman–Crippen LogP) is 2.68. The van der Waals surface area contributed by atoms with Crippen LogP contribution >= 0.6 is 11.6 Å². The van der Waals surface area contributed by atoms with Gasteiger partial charge in [0.1, 0.15) is 5.78 Å². The van der Waals surface area contributed by atoms with E-state index in [-0.39, 0.29) is 23.2 Å². The molecule has 0 amide bonds. The topological polar surface area (TPSA) is 60.4 Å². The van der Waals surface area contributed by atoms with Gasteiger partial charge in [0.15, 0.2) is 0 Å². The van der Waals surface area contributed by atoms with Crippen LogP contribution in [0.3, 0.4) is 0 Å². The number of halogens is 1. The summed E-state index contributed by atoms with van der Waals surface area (Å²) in [5, 5.41) is 0. The summed E-state index contributed by atoms with van der Waals surface area (Å²) in [6.07, 6.45) is 1.44. The Hall–Kier alpha value is -0.910. The van der Waals surface area contributed by atoms with E-state index in [0.717, 1.165) is 5.56 Å². The molecule has 0 saturated carbocycles. The maximum atomic E-state index is 11.8. The minimum atomic E-state index is -3.69. The fraction of sp³-hybridized carbons (Fsp3) is 0.462. The molecule has 0 spiro atoms. The Morgan fingerprint density at radius 3 is 2.42 bits per heavy atom. The molecular weight excluding hydrogens is 288 g/mol. The highest BCUT2D eigenvalue weighted by Gasteiger charge is 2.14. The Bertz CT molecular complexity index is 508. The van der Waals surface area contributed by atoms with Crippen LogP contribution in [0.25, 0.3) is 0 Å². The number of carbonyl (C=O) groups is 1. The van der Waals surface area contributed by atoms with Gasteiger partial charge in [-0.1, -0.05) is 17.7 Å². The van der Waals surface area contributed by atoms with Crippen LogP contribution in [0.5, 0.6) is 0 Å². The van der Waals surface area contributed by atoms with Gasteiger partial charge in [-0.05, 0) is 31.9 Å². The first-order valence-corrected chi connectivity index (χ1v) is 7.94. The lowest BCUT2D eigenvalue weighted by molar-refractivity contribution is -0.116. The van der Waals surface area contributed by atoms with E-state index >= 15 is 0 Å². The van der Waals surface area contributed by atoms with Crippen molar-refractivity contribution < 1.29 is 17.4 Å². The van der Waals surface area contributed by atoms with Crippen molar-refractivity contribution >= 4 is 27.5 Å². The molecule has 6 heteroatoms. The smallest absolute Gasteiger partial charge is 0.296 e. The molecule has 0 unspecified atom stereocenters. The third-order valence-corrected chi connectivity index (χ3v) is 4.17. The van der Waals surface area contributed by atoms with Crippen molar-refractivity contribution in [2.45, 2.75) is 31.1 Å². The molecule has 0 saturated heterocycles. The Kier molecular flexibility index (Phi) is 6.48. The Morgan fingerprint density at radius 1 is 1.21 bits per heavy atom. The summed E-state index contributed by atoms with van der Waals surface area (Å²) in [6, 6.07) is 6.47. The zero-order valence-corrected chi connectivity index (χ0v) is 12.3. The normalized spacial score (nSPS) is 11.5. The zero-order chi connectivity index (χ0) is 14.3. The third-order valence-electron chi connectivity index (χ3n) is 2.55. The number of Topliss-reactive ketones (excluding diaryl/α,β-unsaturated/α-hetero) is 1. The molecule has 0 aromatic heterocycles. The second-order valence-electron chi connectivity index (χ2n) is 4.22. The first-order chi connectivity index (χ1) is 8.95. The van der Waals surface area contributed by atoms with Crippen LogP contribution in [0, 0.1) is 6.92 Å². The largest absolute Gasteiger partial charge is 0.298 e. The van der Waals surface area contributed by atoms with E-state index in [1.54, 1.807) is 12.1 Å². The predicted molar refractivity (Wildman–Crippen MR) is 73.9 cm³/mol. The van der Waals surface area contributed by atoms with E-state index in [0.29, 0.717) is 19.3 Å². The maximum absolute atomic E-state index is 11.8. The van der Waals surface area contributed by atoms with Gasteiger partial charge < -0.3 is 0 Å². The van der Waals surface area contributed by atoms with Crippen LogP contribution in [-0.2, 0) is 19.1 Å².